The summed E-state index contributed by atoms with van der Waals surface area (Å²) in [6, 6.07) is 7.48. The highest BCUT2D eigenvalue weighted by atomic mass is 32.1. The molecule has 0 bridgehead atoms. The van der Waals surface area contributed by atoms with Gasteiger partial charge in [-0.1, -0.05) is 39.0 Å². The van der Waals surface area contributed by atoms with Gasteiger partial charge in [0.1, 0.15) is 4.88 Å². The molecule has 1 amide bonds. The number of thiazole rings is 1. The number of amides is 1. The van der Waals surface area contributed by atoms with Crippen molar-refractivity contribution in [2.75, 3.05) is 0 Å². The highest BCUT2D eigenvalue weighted by Gasteiger charge is 2.20. The molecule has 1 aromatic carbocycles. The van der Waals surface area contributed by atoms with Gasteiger partial charge in [0.05, 0.1) is 17.4 Å². The summed E-state index contributed by atoms with van der Waals surface area (Å²) in [5, 5.41) is 20.7. The van der Waals surface area contributed by atoms with Crippen molar-refractivity contribution in [3.8, 4) is 17.0 Å². The van der Waals surface area contributed by atoms with Crippen LogP contribution in [0.25, 0.3) is 11.1 Å². The van der Waals surface area contributed by atoms with E-state index < -0.39 is 0 Å². The minimum Gasteiger partial charge on any atom is -0.492 e. The second-order valence-corrected chi connectivity index (χ2v) is 8.44. The molecule has 2 heterocycles. The first-order valence-electron chi connectivity index (χ1n) is 8.60. The van der Waals surface area contributed by atoms with Gasteiger partial charge in [0.2, 0.25) is 5.88 Å². The third kappa shape index (κ3) is 4.49. The Hall–Kier alpha value is -2.80. The molecule has 140 valence electrons. The molecule has 2 aromatic heterocycles. The zero-order valence-electron chi connectivity index (χ0n) is 15.8. The van der Waals surface area contributed by atoms with E-state index in [1.54, 1.807) is 18.5 Å². The van der Waals surface area contributed by atoms with Gasteiger partial charge in [-0.25, -0.2) is 4.98 Å². The first-order chi connectivity index (χ1) is 12.7. The van der Waals surface area contributed by atoms with Crippen molar-refractivity contribution in [3.63, 3.8) is 0 Å². The van der Waals surface area contributed by atoms with Crippen molar-refractivity contribution in [1.29, 1.82) is 0 Å². The minimum atomic E-state index is -0.116. The number of nitrogens with one attached hydrogen (secondary N) is 1. The first-order valence-corrected chi connectivity index (χ1v) is 9.42. The fourth-order valence-electron chi connectivity index (χ4n) is 2.58. The lowest BCUT2D eigenvalue weighted by molar-refractivity contribution is 0.0954. The molecule has 0 fully saturated rings. The van der Waals surface area contributed by atoms with E-state index in [4.69, 9.17) is 0 Å². The number of carbonyl (C=O) groups is 1. The van der Waals surface area contributed by atoms with Crippen molar-refractivity contribution < 1.29 is 9.90 Å². The molecular weight excluding hydrogens is 360 g/mol. The average molecular weight is 382 g/mol. The number of hydrogen-bond acceptors (Lipinski definition) is 6. The van der Waals surface area contributed by atoms with E-state index in [-0.39, 0.29) is 17.2 Å². The predicted octanol–water partition coefficient (Wildman–Crippen LogP) is 3.84. The van der Waals surface area contributed by atoms with Crippen LogP contribution >= 0.6 is 11.3 Å². The lowest BCUT2D eigenvalue weighted by Crippen LogP contribution is -2.22. The Bertz CT molecular complexity index is 976. The summed E-state index contributed by atoms with van der Waals surface area (Å²) < 4.78 is 0. The summed E-state index contributed by atoms with van der Waals surface area (Å²) in [6.07, 6.45) is 3.24. The van der Waals surface area contributed by atoms with E-state index in [0.29, 0.717) is 11.4 Å². The van der Waals surface area contributed by atoms with E-state index in [1.165, 1.54) is 11.3 Å². The number of nitrogens with zero attached hydrogens (tertiary/aromatic N) is 3. The molecule has 3 aromatic rings. The molecule has 0 saturated carbocycles. The molecule has 27 heavy (non-hydrogen) atoms. The van der Waals surface area contributed by atoms with Gasteiger partial charge in [0.15, 0.2) is 0 Å². The van der Waals surface area contributed by atoms with E-state index in [1.807, 2.05) is 25.1 Å². The number of aryl methyl sites for hydroxylation is 1. The third-order valence-corrected chi connectivity index (χ3v) is 5.55. The van der Waals surface area contributed by atoms with Crippen LogP contribution < -0.4 is 5.32 Å². The maximum Gasteiger partial charge on any atom is 0.263 e. The Labute approximate surface area is 162 Å². The van der Waals surface area contributed by atoms with Crippen molar-refractivity contribution >= 4 is 17.2 Å². The summed E-state index contributed by atoms with van der Waals surface area (Å²) in [5.74, 6) is -0.226. The van der Waals surface area contributed by atoms with Crippen LogP contribution in [0.5, 0.6) is 5.88 Å². The maximum atomic E-state index is 12.4. The second kappa shape index (κ2) is 7.44. The van der Waals surface area contributed by atoms with Crippen LogP contribution in [-0.2, 0) is 12.0 Å². The molecule has 0 radical (unpaired) electrons. The number of rotatable bonds is 4. The molecule has 0 aliphatic carbocycles. The SMILES string of the molecule is Cc1cc(-c2cnnc(O)c2)ccc1CNC(=O)c1cnc(C(C)(C)C)s1. The zero-order chi connectivity index (χ0) is 19.6. The van der Waals surface area contributed by atoms with Crippen LogP contribution in [0.15, 0.2) is 36.7 Å². The summed E-state index contributed by atoms with van der Waals surface area (Å²) in [4.78, 5) is 17.4. The molecule has 7 heteroatoms. The van der Waals surface area contributed by atoms with Gasteiger partial charge in [0.25, 0.3) is 5.91 Å². The van der Waals surface area contributed by atoms with Crippen LogP contribution in [0.4, 0.5) is 0 Å². The molecule has 0 aliphatic heterocycles. The normalized spacial score (nSPS) is 11.4. The molecule has 3 rings (SSSR count). The van der Waals surface area contributed by atoms with Crippen LogP contribution in [0.1, 0.15) is 46.6 Å². The maximum absolute atomic E-state index is 12.4. The van der Waals surface area contributed by atoms with Crippen molar-refractivity contribution in [1.82, 2.24) is 20.5 Å². The van der Waals surface area contributed by atoms with E-state index in [0.717, 1.165) is 27.3 Å². The largest absolute Gasteiger partial charge is 0.492 e. The highest BCUT2D eigenvalue weighted by Crippen LogP contribution is 2.27. The fraction of sp³-hybridized carbons (Fsp3) is 0.300. The molecule has 2 N–H and O–H groups in total. The number of carbonyl (C=O) groups excluding carboxylic acids is 1. The number of aromatic hydroxyl groups is 1. The lowest BCUT2D eigenvalue weighted by atomic mass is 9.98. The summed E-state index contributed by atoms with van der Waals surface area (Å²) in [5.41, 5.74) is 3.74. The van der Waals surface area contributed by atoms with Crippen LogP contribution in [-0.4, -0.2) is 26.2 Å². The van der Waals surface area contributed by atoms with Gasteiger partial charge < -0.3 is 10.4 Å². The summed E-state index contributed by atoms with van der Waals surface area (Å²) >= 11 is 1.43. The highest BCUT2D eigenvalue weighted by molar-refractivity contribution is 7.13. The Morgan fingerprint density at radius 3 is 2.59 bits per heavy atom. The molecule has 0 unspecified atom stereocenters. The van der Waals surface area contributed by atoms with E-state index in [9.17, 15) is 9.90 Å². The van der Waals surface area contributed by atoms with Crippen LogP contribution in [0.3, 0.4) is 0 Å². The van der Waals surface area contributed by atoms with Gasteiger partial charge in [-0.3, -0.25) is 4.79 Å². The smallest absolute Gasteiger partial charge is 0.263 e. The van der Waals surface area contributed by atoms with Gasteiger partial charge in [-0.2, -0.15) is 5.10 Å². The molecule has 0 spiro atoms. The summed E-state index contributed by atoms with van der Waals surface area (Å²) in [6.45, 7) is 8.67. The molecule has 6 nitrogen and oxygen atoms in total. The predicted molar refractivity (Wildman–Crippen MR) is 106 cm³/mol. The van der Waals surface area contributed by atoms with Crippen molar-refractivity contribution in [3.05, 3.63) is 57.7 Å². The van der Waals surface area contributed by atoms with Gasteiger partial charge in [-0.15, -0.1) is 16.4 Å². The molecule has 0 aliphatic rings. The Morgan fingerprint density at radius 2 is 1.96 bits per heavy atom. The third-order valence-electron chi connectivity index (χ3n) is 4.13. The monoisotopic (exact) mass is 382 g/mol. The topological polar surface area (TPSA) is 88.0 Å². The number of aromatic nitrogens is 3. The van der Waals surface area contributed by atoms with E-state index in [2.05, 4.69) is 41.3 Å². The van der Waals surface area contributed by atoms with Crippen LogP contribution in [0.2, 0.25) is 0 Å². The Morgan fingerprint density at radius 1 is 1.19 bits per heavy atom. The van der Waals surface area contributed by atoms with Crippen molar-refractivity contribution in [2.24, 2.45) is 0 Å². The summed E-state index contributed by atoms with van der Waals surface area (Å²) in [7, 11) is 0. The molecule has 0 atom stereocenters. The van der Waals surface area contributed by atoms with E-state index >= 15 is 0 Å². The second-order valence-electron chi connectivity index (χ2n) is 7.41. The van der Waals surface area contributed by atoms with Crippen molar-refractivity contribution in [2.45, 2.75) is 39.7 Å². The van der Waals surface area contributed by atoms with Gasteiger partial charge in [-0.05, 0) is 23.6 Å². The van der Waals surface area contributed by atoms with Gasteiger partial charge in [0, 0.05) is 23.6 Å². The quantitative estimate of drug-likeness (QED) is 0.716. The molecule has 0 saturated heterocycles. The number of hydrogen-bond donors (Lipinski definition) is 2. The standard InChI is InChI=1S/C20H22N4O2S/c1-12-7-13(15-8-17(25)24-23-10-15)5-6-14(12)9-21-18(26)16-11-22-19(27-16)20(2,3)4/h5-8,10-11H,9H2,1-4H3,(H,21,26)(H,24,25). The Balaban J connectivity index is 1.69. The Kier molecular flexibility index (Phi) is 5.23. The minimum absolute atomic E-state index is 0.0636. The molecular formula is C20H22N4O2S. The fourth-order valence-corrected chi connectivity index (χ4v) is 3.47. The van der Waals surface area contributed by atoms with Crippen LogP contribution in [0, 0.1) is 6.92 Å². The average Bonchev–Trinajstić information content (AvgIpc) is 3.11. The zero-order valence-corrected chi connectivity index (χ0v) is 16.6. The van der Waals surface area contributed by atoms with Gasteiger partial charge >= 0.3 is 0 Å². The lowest BCUT2D eigenvalue weighted by Gasteiger charge is -2.13. The first kappa shape index (κ1) is 19.0. The number of benzene rings is 1.